The zero-order chi connectivity index (χ0) is 20.4. The number of hydrogen-bond acceptors (Lipinski definition) is 6. The lowest BCUT2D eigenvalue weighted by atomic mass is 10.1. The lowest BCUT2D eigenvalue weighted by Crippen LogP contribution is -2.47. The summed E-state index contributed by atoms with van der Waals surface area (Å²) in [7, 11) is 2.11. The molecule has 0 aliphatic carbocycles. The maximum absolute atomic E-state index is 12.4. The molecule has 1 aliphatic rings. The molecule has 1 saturated heterocycles. The van der Waals surface area contributed by atoms with Crippen molar-refractivity contribution in [1.29, 1.82) is 0 Å². The summed E-state index contributed by atoms with van der Waals surface area (Å²) < 4.78 is 0. The van der Waals surface area contributed by atoms with E-state index in [1.54, 1.807) is 11.3 Å². The highest BCUT2D eigenvalue weighted by molar-refractivity contribution is 7.15. The van der Waals surface area contributed by atoms with Crippen LogP contribution >= 0.6 is 11.3 Å². The Labute approximate surface area is 175 Å². The average molecular weight is 410 g/mol. The van der Waals surface area contributed by atoms with Crippen LogP contribution in [0.5, 0.6) is 0 Å². The first-order chi connectivity index (χ1) is 14.0. The summed E-state index contributed by atoms with van der Waals surface area (Å²) in [5.41, 5.74) is 1.14. The van der Waals surface area contributed by atoms with Gasteiger partial charge in [0.2, 0.25) is 5.91 Å². The van der Waals surface area contributed by atoms with E-state index in [-0.39, 0.29) is 5.91 Å². The molecule has 1 amide bonds. The number of carbonyl (C=O) groups is 1. The highest BCUT2D eigenvalue weighted by atomic mass is 32.1. The lowest BCUT2D eigenvalue weighted by Gasteiger charge is -2.31. The third-order valence-electron chi connectivity index (χ3n) is 5.25. The van der Waals surface area contributed by atoms with Crippen molar-refractivity contribution in [1.82, 2.24) is 19.8 Å². The summed E-state index contributed by atoms with van der Waals surface area (Å²) in [6.45, 7) is 8.57. The number of pyridine rings is 1. The Morgan fingerprint density at radius 2 is 1.90 bits per heavy atom. The van der Waals surface area contributed by atoms with Crippen LogP contribution in [-0.4, -0.2) is 65.4 Å². The van der Waals surface area contributed by atoms with E-state index in [9.17, 15) is 4.79 Å². The largest absolute Gasteiger partial charge is 0.310 e. The minimum absolute atomic E-state index is 0.0124. The fourth-order valence-corrected chi connectivity index (χ4v) is 4.36. The van der Waals surface area contributed by atoms with Crippen LogP contribution in [0.15, 0.2) is 36.7 Å². The number of thiazole rings is 1. The minimum Gasteiger partial charge on any atom is -0.310 e. The second kappa shape index (κ2) is 8.57. The van der Waals surface area contributed by atoms with Crippen LogP contribution in [0.4, 0.5) is 5.82 Å². The van der Waals surface area contributed by atoms with E-state index in [4.69, 9.17) is 0 Å². The van der Waals surface area contributed by atoms with Gasteiger partial charge in [-0.1, -0.05) is 26.0 Å². The molecule has 0 spiro atoms. The van der Waals surface area contributed by atoms with Gasteiger partial charge in [-0.05, 0) is 30.1 Å². The van der Waals surface area contributed by atoms with Gasteiger partial charge in [-0.15, -0.1) is 11.3 Å². The molecule has 0 saturated carbocycles. The predicted molar refractivity (Wildman–Crippen MR) is 120 cm³/mol. The average Bonchev–Trinajstić information content (AvgIpc) is 3.20. The fourth-order valence-electron chi connectivity index (χ4n) is 3.44. The van der Waals surface area contributed by atoms with Crippen molar-refractivity contribution in [2.24, 2.45) is 0 Å². The van der Waals surface area contributed by atoms with Gasteiger partial charge in [0.1, 0.15) is 5.82 Å². The van der Waals surface area contributed by atoms with Crippen LogP contribution in [0.3, 0.4) is 0 Å². The number of benzene rings is 1. The summed E-state index contributed by atoms with van der Waals surface area (Å²) in [5, 5.41) is 6.22. The van der Waals surface area contributed by atoms with Crippen LogP contribution in [0, 0.1) is 0 Å². The number of likely N-dealkylation sites (N-methyl/N-ethyl adjacent to an activating group) is 1. The number of nitrogens with one attached hydrogen (secondary N) is 1. The standard InChI is InChI=1S/C22H27N5OS/c1-15(2)22-24-13-19(29-22)16-4-5-17-12-23-20(11-18(17)10-16)25-21(28)14-27-8-6-26(3)7-9-27/h4-5,10-13,15H,6-9,14H2,1-3H3,(H,23,25,28). The Morgan fingerprint density at radius 1 is 1.10 bits per heavy atom. The van der Waals surface area contributed by atoms with Crippen molar-refractivity contribution in [3.8, 4) is 10.4 Å². The highest BCUT2D eigenvalue weighted by Crippen LogP contribution is 2.32. The minimum atomic E-state index is -0.0124. The summed E-state index contributed by atoms with van der Waals surface area (Å²) in [5.74, 6) is 1.02. The third kappa shape index (κ3) is 4.80. The summed E-state index contributed by atoms with van der Waals surface area (Å²) >= 11 is 1.73. The smallest absolute Gasteiger partial charge is 0.239 e. The quantitative estimate of drug-likeness (QED) is 0.697. The summed E-state index contributed by atoms with van der Waals surface area (Å²) in [6, 6.07) is 8.27. The van der Waals surface area contributed by atoms with Crippen molar-refractivity contribution < 1.29 is 4.79 Å². The van der Waals surface area contributed by atoms with Crippen molar-refractivity contribution in [3.63, 3.8) is 0 Å². The van der Waals surface area contributed by atoms with Crippen molar-refractivity contribution in [3.05, 3.63) is 41.7 Å². The number of nitrogens with zero attached hydrogens (tertiary/aromatic N) is 4. The van der Waals surface area contributed by atoms with Crippen LogP contribution in [0.2, 0.25) is 0 Å². The van der Waals surface area contributed by atoms with E-state index < -0.39 is 0 Å². The van der Waals surface area contributed by atoms with E-state index in [0.717, 1.165) is 52.4 Å². The molecule has 0 atom stereocenters. The maximum atomic E-state index is 12.4. The molecule has 0 unspecified atom stereocenters. The molecule has 1 aliphatic heterocycles. The third-order valence-corrected chi connectivity index (χ3v) is 6.60. The zero-order valence-corrected chi connectivity index (χ0v) is 18.0. The Kier molecular flexibility index (Phi) is 5.89. The molecule has 4 rings (SSSR count). The molecule has 0 bridgehead atoms. The molecule has 3 aromatic rings. The van der Waals surface area contributed by atoms with E-state index in [2.05, 4.69) is 64.2 Å². The predicted octanol–water partition coefficient (Wildman–Crippen LogP) is 3.67. The van der Waals surface area contributed by atoms with E-state index >= 15 is 0 Å². The van der Waals surface area contributed by atoms with Crippen molar-refractivity contribution in [2.45, 2.75) is 19.8 Å². The lowest BCUT2D eigenvalue weighted by molar-refractivity contribution is -0.117. The number of hydrogen-bond donors (Lipinski definition) is 1. The Bertz CT molecular complexity index is 1010. The molecular weight excluding hydrogens is 382 g/mol. The Morgan fingerprint density at radius 3 is 2.62 bits per heavy atom. The monoisotopic (exact) mass is 409 g/mol. The van der Waals surface area contributed by atoms with E-state index in [1.165, 1.54) is 0 Å². The second-order valence-electron chi connectivity index (χ2n) is 7.98. The van der Waals surface area contributed by atoms with Gasteiger partial charge in [0.25, 0.3) is 0 Å². The first kappa shape index (κ1) is 19.9. The van der Waals surface area contributed by atoms with Gasteiger partial charge in [0, 0.05) is 49.9 Å². The Balaban J connectivity index is 1.48. The number of anilines is 1. The van der Waals surface area contributed by atoms with Gasteiger partial charge in [-0.25, -0.2) is 9.97 Å². The number of carbonyl (C=O) groups excluding carboxylic acids is 1. The highest BCUT2D eigenvalue weighted by Gasteiger charge is 2.17. The van der Waals surface area contributed by atoms with Gasteiger partial charge in [-0.2, -0.15) is 0 Å². The van der Waals surface area contributed by atoms with Gasteiger partial charge in [0.15, 0.2) is 0 Å². The number of fused-ring (bicyclic) bond motifs is 1. The number of amides is 1. The molecule has 29 heavy (non-hydrogen) atoms. The maximum Gasteiger partial charge on any atom is 0.239 e. The number of piperazine rings is 1. The number of aromatic nitrogens is 2. The van der Waals surface area contributed by atoms with Crippen LogP contribution in [0.1, 0.15) is 24.8 Å². The number of rotatable bonds is 5. The second-order valence-corrected chi connectivity index (χ2v) is 9.04. The van der Waals surface area contributed by atoms with Gasteiger partial charge >= 0.3 is 0 Å². The first-order valence-electron chi connectivity index (χ1n) is 10.0. The summed E-state index contributed by atoms with van der Waals surface area (Å²) in [4.78, 5) is 27.0. The van der Waals surface area contributed by atoms with Crippen molar-refractivity contribution >= 4 is 33.8 Å². The van der Waals surface area contributed by atoms with Gasteiger partial charge in [-0.3, -0.25) is 9.69 Å². The topological polar surface area (TPSA) is 61.4 Å². The normalized spacial score (nSPS) is 15.9. The SMILES string of the molecule is CC(C)c1ncc(-c2ccc3cnc(NC(=O)CN4CCN(C)CC4)cc3c2)s1. The van der Waals surface area contributed by atoms with E-state index in [1.807, 2.05) is 18.5 Å². The molecular formula is C22H27N5OS. The molecule has 1 fully saturated rings. The zero-order valence-electron chi connectivity index (χ0n) is 17.2. The van der Waals surface area contributed by atoms with Crippen LogP contribution in [0.25, 0.3) is 21.2 Å². The van der Waals surface area contributed by atoms with Crippen LogP contribution in [-0.2, 0) is 4.79 Å². The molecule has 1 N–H and O–H groups in total. The molecule has 3 heterocycles. The molecule has 7 heteroatoms. The molecule has 6 nitrogen and oxygen atoms in total. The molecule has 2 aromatic heterocycles. The van der Waals surface area contributed by atoms with Gasteiger partial charge in [0.05, 0.1) is 16.4 Å². The van der Waals surface area contributed by atoms with Crippen LogP contribution < -0.4 is 5.32 Å². The van der Waals surface area contributed by atoms with E-state index in [0.29, 0.717) is 18.3 Å². The molecule has 152 valence electrons. The van der Waals surface area contributed by atoms with Gasteiger partial charge < -0.3 is 10.2 Å². The fraction of sp³-hybridized carbons (Fsp3) is 0.409. The molecule has 1 aromatic carbocycles. The summed E-state index contributed by atoms with van der Waals surface area (Å²) in [6.07, 6.45) is 3.76. The molecule has 0 radical (unpaired) electrons. The van der Waals surface area contributed by atoms with Crippen molar-refractivity contribution in [2.75, 3.05) is 45.1 Å². The first-order valence-corrected chi connectivity index (χ1v) is 10.9. The Hall–Kier alpha value is -2.35.